The molecule has 186 valence electrons. The van der Waals surface area contributed by atoms with Crippen LogP contribution in [0.3, 0.4) is 0 Å². The Balaban J connectivity index is 1.89. The maximum Gasteiger partial charge on any atom is 0.337 e. The first kappa shape index (κ1) is 24.0. The molecule has 3 aromatic rings. The summed E-state index contributed by atoms with van der Waals surface area (Å²) in [5.74, 6) is -3.54. The summed E-state index contributed by atoms with van der Waals surface area (Å²) in [4.78, 5) is 40.9. The number of nitrogen functional groups attached to an aromatic ring is 3. The third kappa shape index (κ3) is 4.59. The van der Waals surface area contributed by atoms with E-state index in [1.807, 2.05) is 0 Å². The van der Waals surface area contributed by atoms with Crippen LogP contribution in [0.25, 0.3) is 0 Å². The Morgan fingerprint density at radius 1 is 0.528 bits per heavy atom. The number of carboxylic acids is 3. The van der Waals surface area contributed by atoms with Crippen molar-refractivity contribution in [3.63, 3.8) is 0 Å². The van der Waals surface area contributed by atoms with Crippen LogP contribution in [-0.2, 0) is 0 Å². The van der Waals surface area contributed by atoms with Gasteiger partial charge in [-0.05, 0) is 54.6 Å². The summed E-state index contributed by atoms with van der Waals surface area (Å²) in [5.41, 5.74) is 19.6. The number of carboxylic acid groups (broad SMARTS) is 3. The smallest absolute Gasteiger partial charge is 0.337 e. The Morgan fingerprint density at radius 3 is 1.00 bits per heavy atom. The SMILES string of the molecule is Nc1ccc(C(=O)O)c(N2CN(c3cc(N)ccc3C(=O)O)CN(c3cc(N)ccc3C(=O)O)C2)c1. The molecule has 1 aliphatic heterocycles. The first-order chi connectivity index (χ1) is 17.0. The van der Waals surface area contributed by atoms with Gasteiger partial charge in [0.05, 0.1) is 53.8 Å². The van der Waals surface area contributed by atoms with Crippen molar-refractivity contribution in [1.29, 1.82) is 0 Å². The number of hydrogen-bond acceptors (Lipinski definition) is 9. The van der Waals surface area contributed by atoms with Crippen molar-refractivity contribution in [1.82, 2.24) is 0 Å². The van der Waals surface area contributed by atoms with Crippen molar-refractivity contribution in [2.45, 2.75) is 0 Å². The minimum Gasteiger partial charge on any atom is -0.478 e. The van der Waals surface area contributed by atoms with Crippen LogP contribution in [0.1, 0.15) is 31.1 Å². The molecule has 4 rings (SSSR count). The Bertz CT molecular complexity index is 1210. The van der Waals surface area contributed by atoms with E-state index in [4.69, 9.17) is 17.2 Å². The third-order valence-corrected chi connectivity index (χ3v) is 5.80. The lowest BCUT2D eigenvalue weighted by Gasteiger charge is -2.46. The van der Waals surface area contributed by atoms with Gasteiger partial charge in [-0.15, -0.1) is 0 Å². The summed E-state index contributed by atoms with van der Waals surface area (Å²) in [5, 5.41) is 29.3. The first-order valence-corrected chi connectivity index (χ1v) is 10.7. The van der Waals surface area contributed by atoms with Crippen molar-refractivity contribution < 1.29 is 29.7 Å². The van der Waals surface area contributed by atoms with Crippen molar-refractivity contribution in [3.8, 4) is 0 Å². The molecule has 36 heavy (non-hydrogen) atoms. The molecule has 1 aliphatic rings. The molecule has 0 amide bonds. The van der Waals surface area contributed by atoms with E-state index in [1.165, 1.54) is 54.6 Å². The lowest BCUT2D eigenvalue weighted by Crippen LogP contribution is -2.56. The largest absolute Gasteiger partial charge is 0.478 e. The molecule has 1 saturated heterocycles. The summed E-state index contributed by atoms with van der Waals surface area (Å²) < 4.78 is 0. The predicted molar refractivity (Wildman–Crippen MR) is 135 cm³/mol. The molecule has 0 bridgehead atoms. The molecule has 12 heteroatoms. The van der Waals surface area contributed by atoms with Gasteiger partial charge in [0.1, 0.15) is 0 Å². The third-order valence-electron chi connectivity index (χ3n) is 5.80. The van der Waals surface area contributed by atoms with Crippen LogP contribution in [0.2, 0.25) is 0 Å². The molecule has 0 atom stereocenters. The van der Waals surface area contributed by atoms with E-state index in [9.17, 15) is 29.7 Å². The number of hydrogen-bond donors (Lipinski definition) is 6. The topological polar surface area (TPSA) is 200 Å². The lowest BCUT2D eigenvalue weighted by atomic mass is 10.1. The predicted octanol–water partition coefficient (Wildman–Crippen LogP) is 2.23. The molecule has 3 aromatic carbocycles. The Morgan fingerprint density at radius 2 is 0.778 bits per heavy atom. The van der Waals surface area contributed by atoms with E-state index in [2.05, 4.69) is 0 Å². The Hall–Kier alpha value is -5.13. The highest BCUT2D eigenvalue weighted by molar-refractivity contribution is 5.98. The number of benzene rings is 3. The zero-order chi connectivity index (χ0) is 26.1. The average Bonchev–Trinajstić information content (AvgIpc) is 2.83. The number of rotatable bonds is 6. The number of nitrogens with two attached hydrogens (primary N) is 3. The van der Waals surface area contributed by atoms with Crippen LogP contribution in [0, 0.1) is 0 Å². The fourth-order valence-electron chi connectivity index (χ4n) is 4.18. The molecular formula is C24H24N6O6. The van der Waals surface area contributed by atoms with Crippen LogP contribution < -0.4 is 31.9 Å². The molecule has 0 spiro atoms. The summed E-state index contributed by atoms with van der Waals surface area (Å²) in [6.45, 7) is 0.193. The molecule has 0 aromatic heterocycles. The second kappa shape index (κ2) is 9.25. The van der Waals surface area contributed by atoms with E-state index in [0.29, 0.717) is 17.1 Å². The number of anilines is 6. The van der Waals surface area contributed by atoms with E-state index < -0.39 is 17.9 Å². The van der Waals surface area contributed by atoms with Gasteiger partial charge >= 0.3 is 17.9 Å². The first-order valence-electron chi connectivity index (χ1n) is 10.7. The molecule has 0 saturated carbocycles. The van der Waals surface area contributed by atoms with E-state index in [-0.39, 0.29) is 53.8 Å². The number of nitrogens with zero attached hydrogens (tertiary/aromatic N) is 3. The van der Waals surface area contributed by atoms with Crippen molar-refractivity contribution in [2.75, 3.05) is 51.9 Å². The fraction of sp³-hybridized carbons (Fsp3) is 0.125. The summed E-state index contributed by atoms with van der Waals surface area (Å²) in [6.07, 6.45) is 0. The van der Waals surface area contributed by atoms with Gasteiger partial charge in [-0.3, -0.25) is 0 Å². The monoisotopic (exact) mass is 492 g/mol. The van der Waals surface area contributed by atoms with Crippen molar-refractivity contribution in [2.24, 2.45) is 0 Å². The Labute approximate surface area is 205 Å². The van der Waals surface area contributed by atoms with Crippen LogP contribution >= 0.6 is 0 Å². The van der Waals surface area contributed by atoms with Gasteiger partial charge in [-0.2, -0.15) is 0 Å². The molecular weight excluding hydrogens is 468 g/mol. The second-order valence-corrected chi connectivity index (χ2v) is 8.29. The van der Waals surface area contributed by atoms with Crippen molar-refractivity contribution >= 4 is 52.0 Å². The number of carbonyl (C=O) groups is 3. The molecule has 12 nitrogen and oxygen atoms in total. The standard InChI is InChI=1S/C24H24N6O6/c25-13-1-4-16(22(31)32)19(7-13)28-10-29(20-8-14(26)2-5-17(20)23(33)34)12-30(11-28)21-9-15(27)3-6-18(21)24(35)36/h1-9H,10-12,25-27H2,(H,31,32)(H,33,34)(H,35,36). The van der Waals surface area contributed by atoms with Crippen LogP contribution in [-0.4, -0.2) is 53.2 Å². The fourth-order valence-corrected chi connectivity index (χ4v) is 4.18. The van der Waals surface area contributed by atoms with Gasteiger partial charge < -0.3 is 47.2 Å². The maximum atomic E-state index is 12.0. The van der Waals surface area contributed by atoms with Gasteiger partial charge in [0.25, 0.3) is 0 Å². The highest BCUT2D eigenvalue weighted by Gasteiger charge is 2.31. The molecule has 0 aliphatic carbocycles. The highest BCUT2D eigenvalue weighted by atomic mass is 16.4. The van der Waals surface area contributed by atoms with Gasteiger partial charge in [0.15, 0.2) is 0 Å². The van der Waals surface area contributed by atoms with E-state index in [1.54, 1.807) is 14.7 Å². The zero-order valence-electron chi connectivity index (χ0n) is 19.0. The van der Waals surface area contributed by atoms with E-state index in [0.717, 1.165) is 0 Å². The van der Waals surface area contributed by atoms with E-state index >= 15 is 0 Å². The molecule has 0 radical (unpaired) electrons. The van der Waals surface area contributed by atoms with Crippen LogP contribution in [0.4, 0.5) is 34.1 Å². The van der Waals surface area contributed by atoms with Gasteiger partial charge in [-0.25, -0.2) is 14.4 Å². The van der Waals surface area contributed by atoms with Gasteiger partial charge in [0, 0.05) is 17.1 Å². The molecule has 1 fully saturated rings. The molecule has 9 N–H and O–H groups in total. The summed E-state index contributed by atoms with van der Waals surface area (Å²) in [6, 6.07) is 13.0. The summed E-state index contributed by atoms with van der Waals surface area (Å²) >= 11 is 0. The zero-order valence-corrected chi connectivity index (χ0v) is 19.0. The molecule has 1 heterocycles. The highest BCUT2D eigenvalue weighted by Crippen LogP contribution is 2.34. The van der Waals surface area contributed by atoms with Gasteiger partial charge in [-0.1, -0.05) is 0 Å². The van der Waals surface area contributed by atoms with Gasteiger partial charge in [0.2, 0.25) is 0 Å². The quantitative estimate of drug-likeness (QED) is 0.275. The average molecular weight is 492 g/mol. The minimum atomic E-state index is -1.18. The Kier molecular flexibility index (Phi) is 6.17. The van der Waals surface area contributed by atoms with Crippen LogP contribution in [0.15, 0.2) is 54.6 Å². The van der Waals surface area contributed by atoms with Crippen LogP contribution in [0.5, 0.6) is 0 Å². The normalized spacial score (nSPS) is 13.5. The lowest BCUT2D eigenvalue weighted by molar-refractivity contribution is 0.0687. The number of aromatic carboxylic acids is 3. The van der Waals surface area contributed by atoms with Crippen molar-refractivity contribution in [3.05, 3.63) is 71.3 Å². The minimum absolute atomic E-state index is 0.0249. The molecule has 0 unspecified atom stereocenters. The second-order valence-electron chi connectivity index (χ2n) is 8.29. The maximum absolute atomic E-state index is 12.0. The summed E-state index contributed by atoms with van der Waals surface area (Å²) in [7, 11) is 0.